The molecule has 0 amide bonds. The smallest absolute Gasteiger partial charge is 0.214 e. The Labute approximate surface area is 84.4 Å². The summed E-state index contributed by atoms with van der Waals surface area (Å²) in [6, 6.07) is 3.63. The zero-order chi connectivity index (χ0) is 11.0. The molecule has 0 saturated heterocycles. The van der Waals surface area contributed by atoms with Gasteiger partial charge in [-0.25, -0.2) is 13.1 Å². The maximum atomic E-state index is 11.3. The quantitative estimate of drug-likeness (QED) is 0.653. The van der Waals surface area contributed by atoms with Gasteiger partial charge >= 0.3 is 0 Å². The SMILES string of the molecule is CCC(C#N)S(=O)(=O)NCCCC#N. The monoisotopic (exact) mass is 215 g/mol. The van der Waals surface area contributed by atoms with Crippen molar-refractivity contribution in [1.29, 1.82) is 10.5 Å². The molecule has 0 radical (unpaired) electrons. The fourth-order valence-electron chi connectivity index (χ4n) is 0.863. The summed E-state index contributed by atoms with van der Waals surface area (Å²) in [6.07, 6.45) is 1.05. The topological polar surface area (TPSA) is 93.8 Å². The number of unbranched alkanes of at least 4 members (excludes halogenated alkanes) is 1. The van der Waals surface area contributed by atoms with Crippen molar-refractivity contribution in [3.8, 4) is 12.1 Å². The number of hydrogen-bond donors (Lipinski definition) is 1. The van der Waals surface area contributed by atoms with Crippen LogP contribution in [-0.2, 0) is 10.0 Å². The van der Waals surface area contributed by atoms with E-state index in [-0.39, 0.29) is 13.0 Å². The largest absolute Gasteiger partial charge is 0.227 e. The summed E-state index contributed by atoms with van der Waals surface area (Å²) in [5.41, 5.74) is 0. The maximum absolute atomic E-state index is 11.3. The van der Waals surface area contributed by atoms with Crippen LogP contribution < -0.4 is 4.72 Å². The van der Waals surface area contributed by atoms with Crippen molar-refractivity contribution in [3.63, 3.8) is 0 Å². The highest BCUT2D eigenvalue weighted by Gasteiger charge is 2.22. The van der Waals surface area contributed by atoms with Gasteiger partial charge < -0.3 is 0 Å². The minimum Gasteiger partial charge on any atom is -0.214 e. The summed E-state index contributed by atoms with van der Waals surface area (Å²) in [5, 5.41) is 15.8. The van der Waals surface area contributed by atoms with Crippen LogP contribution in [-0.4, -0.2) is 20.2 Å². The van der Waals surface area contributed by atoms with Crippen LogP contribution in [0.2, 0.25) is 0 Å². The molecule has 6 heteroatoms. The van der Waals surface area contributed by atoms with Crippen LogP contribution in [0, 0.1) is 22.7 Å². The molecule has 0 aliphatic rings. The predicted molar refractivity (Wildman–Crippen MR) is 51.5 cm³/mol. The lowest BCUT2D eigenvalue weighted by molar-refractivity contribution is 0.570. The van der Waals surface area contributed by atoms with Crippen LogP contribution in [0.15, 0.2) is 0 Å². The first-order valence-corrected chi connectivity index (χ1v) is 5.88. The lowest BCUT2D eigenvalue weighted by Crippen LogP contribution is -2.33. The molecule has 0 spiro atoms. The van der Waals surface area contributed by atoms with E-state index in [2.05, 4.69) is 4.72 Å². The Bertz CT molecular complexity index is 337. The van der Waals surface area contributed by atoms with E-state index in [0.717, 1.165) is 0 Å². The number of nitrogens with zero attached hydrogens (tertiary/aromatic N) is 2. The van der Waals surface area contributed by atoms with Crippen molar-refractivity contribution in [1.82, 2.24) is 4.72 Å². The van der Waals surface area contributed by atoms with Crippen LogP contribution in [0.3, 0.4) is 0 Å². The Morgan fingerprint density at radius 2 is 2.07 bits per heavy atom. The molecule has 1 N–H and O–H groups in total. The van der Waals surface area contributed by atoms with Crippen molar-refractivity contribution < 1.29 is 8.42 Å². The lowest BCUT2D eigenvalue weighted by atomic mass is 10.3. The van der Waals surface area contributed by atoms with Gasteiger partial charge in [0.1, 0.15) is 0 Å². The first kappa shape index (κ1) is 12.9. The molecular formula is C8H13N3O2S. The third kappa shape index (κ3) is 4.22. The molecule has 0 rings (SSSR count). The second kappa shape index (κ2) is 6.36. The minimum absolute atomic E-state index is 0.216. The maximum Gasteiger partial charge on any atom is 0.227 e. The van der Waals surface area contributed by atoms with E-state index in [1.165, 1.54) is 0 Å². The van der Waals surface area contributed by atoms with Gasteiger partial charge in [0, 0.05) is 13.0 Å². The molecule has 1 unspecified atom stereocenters. The standard InChI is InChI=1S/C8H13N3O2S/c1-2-8(7-10)14(12,13)11-6-4-3-5-9/h8,11H,2-4,6H2,1H3. The molecule has 0 aliphatic heterocycles. The van der Waals surface area contributed by atoms with Gasteiger partial charge in [-0.1, -0.05) is 6.92 Å². The molecule has 0 heterocycles. The molecule has 0 aromatic carbocycles. The van der Waals surface area contributed by atoms with Crippen molar-refractivity contribution in [2.75, 3.05) is 6.54 Å². The summed E-state index contributed by atoms with van der Waals surface area (Å²) in [5.74, 6) is 0. The highest BCUT2D eigenvalue weighted by molar-refractivity contribution is 7.90. The summed E-state index contributed by atoms with van der Waals surface area (Å²) in [4.78, 5) is 0. The number of sulfonamides is 1. The Morgan fingerprint density at radius 1 is 1.43 bits per heavy atom. The van der Waals surface area contributed by atoms with E-state index in [1.807, 2.05) is 6.07 Å². The zero-order valence-electron chi connectivity index (χ0n) is 8.02. The molecule has 0 aromatic rings. The molecule has 0 saturated carbocycles. The predicted octanol–water partition coefficient (Wildman–Crippen LogP) is 0.512. The fraction of sp³-hybridized carbons (Fsp3) is 0.750. The second-order valence-corrected chi connectivity index (χ2v) is 4.67. The number of nitrogens with one attached hydrogen (secondary N) is 1. The van der Waals surface area contributed by atoms with E-state index < -0.39 is 15.3 Å². The van der Waals surface area contributed by atoms with Gasteiger partial charge in [0.2, 0.25) is 10.0 Å². The van der Waals surface area contributed by atoms with Crippen molar-refractivity contribution in [3.05, 3.63) is 0 Å². The molecule has 78 valence electrons. The summed E-state index contributed by atoms with van der Waals surface area (Å²) >= 11 is 0. The molecule has 1 atom stereocenters. The minimum atomic E-state index is -3.52. The van der Waals surface area contributed by atoms with E-state index >= 15 is 0 Å². The van der Waals surface area contributed by atoms with Crippen molar-refractivity contribution in [2.24, 2.45) is 0 Å². The molecule has 5 nitrogen and oxygen atoms in total. The van der Waals surface area contributed by atoms with Crippen LogP contribution in [0.1, 0.15) is 26.2 Å². The first-order valence-electron chi connectivity index (χ1n) is 4.33. The molecular weight excluding hydrogens is 202 g/mol. The van der Waals surface area contributed by atoms with Gasteiger partial charge in [-0.3, -0.25) is 0 Å². The zero-order valence-corrected chi connectivity index (χ0v) is 8.84. The summed E-state index contributed by atoms with van der Waals surface area (Å²) in [7, 11) is -3.52. The third-order valence-corrected chi connectivity index (χ3v) is 3.45. The third-order valence-electron chi connectivity index (χ3n) is 1.66. The van der Waals surface area contributed by atoms with E-state index in [4.69, 9.17) is 10.5 Å². The number of hydrogen-bond acceptors (Lipinski definition) is 4. The summed E-state index contributed by atoms with van der Waals surface area (Å²) in [6.45, 7) is 1.86. The summed E-state index contributed by atoms with van der Waals surface area (Å²) < 4.78 is 25.0. The molecule has 0 bridgehead atoms. The van der Waals surface area contributed by atoms with E-state index in [0.29, 0.717) is 12.8 Å². The molecule has 0 aliphatic carbocycles. The van der Waals surface area contributed by atoms with Crippen LogP contribution in [0.5, 0.6) is 0 Å². The lowest BCUT2D eigenvalue weighted by Gasteiger charge is -2.08. The van der Waals surface area contributed by atoms with Gasteiger partial charge in [0.05, 0.1) is 12.1 Å². The van der Waals surface area contributed by atoms with Crippen molar-refractivity contribution in [2.45, 2.75) is 31.4 Å². The Morgan fingerprint density at radius 3 is 2.50 bits per heavy atom. The van der Waals surface area contributed by atoms with E-state index in [9.17, 15) is 8.42 Å². The highest BCUT2D eigenvalue weighted by atomic mass is 32.2. The Hall–Kier alpha value is -1.11. The normalized spacial score (nSPS) is 12.8. The van der Waals surface area contributed by atoms with Gasteiger partial charge in [-0.05, 0) is 12.8 Å². The van der Waals surface area contributed by atoms with Crippen molar-refractivity contribution >= 4 is 10.0 Å². The first-order chi connectivity index (χ1) is 6.58. The second-order valence-electron chi connectivity index (χ2n) is 2.73. The molecule has 0 aromatic heterocycles. The van der Waals surface area contributed by atoms with Gasteiger partial charge in [-0.15, -0.1) is 0 Å². The number of nitriles is 2. The van der Waals surface area contributed by atoms with Crippen LogP contribution in [0.25, 0.3) is 0 Å². The highest BCUT2D eigenvalue weighted by Crippen LogP contribution is 2.02. The fourth-order valence-corrected chi connectivity index (χ4v) is 2.07. The Kier molecular flexibility index (Phi) is 5.86. The van der Waals surface area contributed by atoms with Gasteiger partial charge in [0.25, 0.3) is 0 Å². The van der Waals surface area contributed by atoms with E-state index in [1.54, 1.807) is 13.0 Å². The van der Waals surface area contributed by atoms with Crippen LogP contribution >= 0.6 is 0 Å². The van der Waals surface area contributed by atoms with Gasteiger partial charge in [-0.2, -0.15) is 10.5 Å². The van der Waals surface area contributed by atoms with Crippen LogP contribution in [0.4, 0.5) is 0 Å². The molecule has 14 heavy (non-hydrogen) atoms. The average molecular weight is 215 g/mol. The van der Waals surface area contributed by atoms with Gasteiger partial charge in [0.15, 0.2) is 5.25 Å². The number of rotatable bonds is 6. The Balaban J connectivity index is 4.10. The molecule has 0 fully saturated rings. The average Bonchev–Trinajstić information content (AvgIpc) is 2.14.